The van der Waals surface area contributed by atoms with Crippen LogP contribution < -0.4 is 0 Å². The van der Waals surface area contributed by atoms with Crippen LogP contribution in [-0.4, -0.2) is 147 Å². The number of esters is 3. The summed E-state index contributed by atoms with van der Waals surface area (Å²) < 4.78 is 16.0. The Bertz CT molecular complexity index is 1790. The molecule has 0 aromatic heterocycles. The zero-order chi connectivity index (χ0) is 67.0. The SMILES string of the molecule is CCCCCC/C=C\C/C=C\CCCCCCCN(CCCCCCCC(=O)OC/C=C\CCCCCC)C(=O)SCCN(C)C.CCCCCCCC/C=C/COC(=O)CCCN(CCCC(=O)OC/C=C/CCCCCCCCCC)C(=O)SCCN(C)C. The summed E-state index contributed by atoms with van der Waals surface area (Å²) in [5, 5.41) is 0.222. The first kappa shape index (κ1) is 89.7. The first-order chi connectivity index (χ1) is 44.4. The molecule has 0 atom stereocenters. The first-order valence-electron chi connectivity index (χ1n) is 37.3. The van der Waals surface area contributed by atoms with Gasteiger partial charge in [-0.15, -0.1) is 0 Å². The molecule has 0 saturated carbocycles. The molecule has 0 aromatic rings. The zero-order valence-electron chi connectivity index (χ0n) is 60.3. The highest BCUT2D eigenvalue weighted by Gasteiger charge is 2.17. The summed E-state index contributed by atoms with van der Waals surface area (Å²) in [5.74, 6) is 0.964. The van der Waals surface area contributed by atoms with Crippen LogP contribution in [0.2, 0.25) is 0 Å². The second kappa shape index (κ2) is 74.1. The monoisotopic (exact) mass is 1320 g/mol. The number of rotatable bonds is 64. The number of ether oxygens (including phenoxy) is 3. The van der Waals surface area contributed by atoms with Gasteiger partial charge in [0.2, 0.25) is 0 Å². The average Bonchev–Trinajstić information content (AvgIpc) is 3.53. The highest BCUT2D eigenvalue weighted by Crippen LogP contribution is 2.17. The van der Waals surface area contributed by atoms with E-state index in [4.69, 9.17) is 14.2 Å². The molecule has 0 spiro atoms. The Hall–Kier alpha value is -3.33. The number of carbonyl (C=O) groups excluding carboxylic acids is 5. The van der Waals surface area contributed by atoms with E-state index in [1.807, 2.05) is 37.2 Å². The summed E-state index contributed by atoms with van der Waals surface area (Å²) in [6.45, 7) is 14.3. The van der Waals surface area contributed by atoms with Crippen LogP contribution in [0, 0.1) is 0 Å². The Kier molecular flexibility index (Phi) is 73.0. The van der Waals surface area contributed by atoms with Crippen molar-refractivity contribution in [1.82, 2.24) is 19.6 Å². The van der Waals surface area contributed by atoms with Gasteiger partial charge < -0.3 is 33.8 Å². The third-order valence-electron chi connectivity index (χ3n) is 15.8. The topological polar surface area (TPSA) is 126 Å². The molecule has 0 aliphatic carbocycles. The number of unbranched alkanes of at least 4 members (excludes halogenated alkanes) is 31. The lowest BCUT2D eigenvalue weighted by molar-refractivity contribution is -0.143. The molecule has 14 heteroatoms. The van der Waals surface area contributed by atoms with Gasteiger partial charge in [-0.3, -0.25) is 24.0 Å². The molecule has 0 bridgehead atoms. The van der Waals surface area contributed by atoms with Crippen molar-refractivity contribution in [1.29, 1.82) is 0 Å². The predicted molar refractivity (Wildman–Crippen MR) is 396 cm³/mol. The molecule has 530 valence electrons. The molecule has 0 aliphatic heterocycles. The van der Waals surface area contributed by atoms with Gasteiger partial charge in [0.15, 0.2) is 0 Å². The Morgan fingerprint density at radius 1 is 0.286 bits per heavy atom. The number of hydrogen-bond acceptors (Lipinski definition) is 12. The average molecular weight is 1320 g/mol. The number of allylic oxidation sites excluding steroid dienone is 7. The molecule has 0 aliphatic rings. The van der Waals surface area contributed by atoms with Crippen molar-refractivity contribution in [2.24, 2.45) is 0 Å². The highest BCUT2D eigenvalue weighted by molar-refractivity contribution is 8.13. The number of carbonyl (C=O) groups is 5. The van der Waals surface area contributed by atoms with Gasteiger partial charge in [-0.2, -0.15) is 0 Å². The summed E-state index contributed by atoms with van der Waals surface area (Å²) in [6, 6.07) is 0. The van der Waals surface area contributed by atoms with Crippen molar-refractivity contribution in [2.75, 3.05) is 98.8 Å². The molecule has 91 heavy (non-hydrogen) atoms. The van der Waals surface area contributed by atoms with Crippen molar-refractivity contribution in [3.05, 3.63) is 60.8 Å². The van der Waals surface area contributed by atoms with Crippen LogP contribution in [0.5, 0.6) is 0 Å². The second-order valence-corrected chi connectivity index (χ2v) is 27.3. The van der Waals surface area contributed by atoms with Crippen LogP contribution >= 0.6 is 23.5 Å². The summed E-state index contributed by atoms with van der Waals surface area (Å²) in [5.41, 5.74) is 0. The molecule has 0 N–H and O–H groups in total. The van der Waals surface area contributed by atoms with E-state index in [2.05, 4.69) is 94.1 Å². The Morgan fingerprint density at radius 2 is 0.538 bits per heavy atom. The molecule has 0 radical (unpaired) electrons. The second-order valence-electron chi connectivity index (χ2n) is 25.3. The van der Waals surface area contributed by atoms with E-state index < -0.39 is 0 Å². The Balaban J connectivity index is 0. The van der Waals surface area contributed by atoms with E-state index in [0.717, 1.165) is 96.1 Å². The summed E-state index contributed by atoms with van der Waals surface area (Å²) >= 11 is 2.75. The molecular formula is C77H142N4O8S2. The summed E-state index contributed by atoms with van der Waals surface area (Å²) in [7, 11) is 8.07. The van der Waals surface area contributed by atoms with Crippen molar-refractivity contribution in [3.63, 3.8) is 0 Å². The number of amides is 2. The zero-order valence-corrected chi connectivity index (χ0v) is 62.0. The smallest absolute Gasteiger partial charge is 0.306 e. The lowest BCUT2D eigenvalue weighted by Gasteiger charge is -2.22. The van der Waals surface area contributed by atoms with Crippen molar-refractivity contribution in [3.8, 4) is 0 Å². The lowest BCUT2D eigenvalue weighted by atomic mass is 10.1. The van der Waals surface area contributed by atoms with Crippen molar-refractivity contribution in [2.45, 2.75) is 304 Å². The first-order valence-corrected chi connectivity index (χ1v) is 39.2. The minimum atomic E-state index is -0.245. The van der Waals surface area contributed by atoms with Crippen LogP contribution in [-0.2, 0) is 28.6 Å². The van der Waals surface area contributed by atoms with Gasteiger partial charge in [-0.25, -0.2) is 0 Å². The molecule has 0 aromatic carbocycles. The van der Waals surface area contributed by atoms with Gasteiger partial charge in [-0.05, 0) is 131 Å². The van der Waals surface area contributed by atoms with Crippen LogP contribution in [0.25, 0.3) is 0 Å². The maximum Gasteiger partial charge on any atom is 0.306 e. The lowest BCUT2D eigenvalue weighted by Crippen LogP contribution is -2.31. The number of thioether (sulfide) groups is 2. The van der Waals surface area contributed by atoms with Gasteiger partial charge in [0, 0.05) is 70.0 Å². The third-order valence-corrected chi connectivity index (χ3v) is 17.6. The minimum absolute atomic E-state index is 0.0138. The van der Waals surface area contributed by atoms with Gasteiger partial charge in [0.05, 0.1) is 0 Å². The Morgan fingerprint density at radius 3 is 0.857 bits per heavy atom. The third kappa shape index (κ3) is 72.4. The van der Waals surface area contributed by atoms with E-state index in [0.29, 0.717) is 57.9 Å². The van der Waals surface area contributed by atoms with Crippen LogP contribution in [0.1, 0.15) is 304 Å². The van der Waals surface area contributed by atoms with Crippen LogP contribution in [0.3, 0.4) is 0 Å². The van der Waals surface area contributed by atoms with E-state index in [1.54, 1.807) is 4.90 Å². The number of hydrogen-bond donors (Lipinski definition) is 0. The van der Waals surface area contributed by atoms with E-state index in [1.165, 1.54) is 203 Å². The van der Waals surface area contributed by atoms with Gasteiger partial charge in [0.1, 0.15) is 19.8 Å². The molecular weight excluding hydrogens is 1170 g/mol. The fourth-order valence-electron chi connectivity index (χ4n) is 9.95. The molecule has 0 saturated heterocycles. The van der Waals surface area contributed by atoms with Gasteiger partial charge in [0.25, 0.3) is 10.5 Å². The highest BCUT2D eigenvalue weighted by atomic mass is 32.2. The van der Waals surface area contributed by atoms with Crippen molar-refractivity contribution < 1.29 is 38.2 Å². The fraction of sp³-hybridized carbons (Fsp3) is 0.805. The standard InChI is InChI=1S/C40H74N2O3S.C37H68N2O5S/c1-5-7-9-11-13-14-15-16-17-18-19-20-21-22-26-30-34-42(40(44)46-38-36-41(3)4)35-31-27-24-25-29-33-39(43)45-37-32-28-23-12-10-8-6-2;1-5-7-9-11-13-15-16-18-20-22-24-33-44-36(41)28-26-30-39(37(42)45-34-31-38(3)4)29-25-27-35(40)43-32-23-21-19-17-14-12-10-8-6-2/h14-15,17-18,28,32H,5-13,16,19-27,29-31,33-38H2,1-4H3;21-24H,5-20,25-34H2,1-4H3/b15-14-,18-17-,32-28-;23-21+,24-22+. The molecule has 0 rings (SSSR count). The largest absolute Gasteiger partial charge is 0.461 e. The molecule has 0 heterocycles. The maximum atomic E-state index is 12.9. The predicted octanol–water partition coefficient (Wildman–Crippen LogP) is 21.7. The van der Waals surface area contributed by atoms with E-state index in [-0.39, 0.29) is 41.2 Å². The quantitative estimate of drug-likeness (QED) is 0.0249. The van der Waals surface area contributed by atoms with Crippen LogP contribution in [0.15, 0.2) is 60.8 Å². The van der Waals surface area contributed by atoms with Crippen LogP contribution in [0.4, 0.5) is 9.59 Å². The summed E-state index contributed by atoms with van der Waals surface area (Å²) in [4.78, 5) is 70.2. The van der Waals surface area contributed by atoms with E-state index in [9.17, 15) is 24.0 Å². The van der Waals surface area contributed by atoms with E-state index >= 15 is 0 Å². The maximum absolute atomic E-state index is 12.9. The molecule has 2 amide bonds. The summed E-state index contributed by atoms with van der Waals surface area (Å²) in [6.07, 6.45) is 69.9. The molecule has 12 nitrogen and oxygen atoms in total. The Labute approximate surface area is 569 Å². The fourth-order valence-corrected chi connectivity index (χ4v) is 11.9. The van der Waals surface area contributed by atoms with Crippen molar-refractivity contribution >= 4 is 51.9 Å². The van der Waals surface area contributed by atoms with Gasteiger partial charge in [-0.1, -0.05) is 266 Å². The minimum Gasteiger partial charge on any atom is -0.461 e. The normalized spacial score (nSPS) is 11.8. The molecule has 0 unspecified atom stereocenters. The molecule has 0 fully saturated rings. The van der Waals surface area contributed by atoms with Gasteiger partial charge >= 0.3 is 17.9 Å². The number of nitrogens with zero attached hydrogens (tertiary/aromatic N) is 4.